The number of aryl methyl sites for hydroxylation is 2. The second kappa shape index (κ2) is 7.88. The van der Waals surface area contributed by atoms with Crippen LogP contribution in [0.4, 0.5) is 5.69 Å². The van der Waals surface area contributed by atoms with Crippen LogP contribution in [0.25, 0.3) is 11.0 Å². The summed E-state index contributed by atoms with van der Waals surface area (Å²) >= 11 is 0. The number of hydrogen-bond acceptors (Lipinski definition) is 4. The van der Waals surface area contributed by atoms with Crippen molar-refractivity contribution in [1.29, 1.82) is 0 Å². The number of imidazole rings is 1. The predicted molar refractivity (Wildman–Crippen MR) is 99.5 cm³/mol. The number of ether oxygens (including phenoxy) is 2. The topological polar surface area (TPSA) is 74.5 Å². The van der Waals surface area contributed by atoms with Gasteiger partial charge in [0.2, 0.25) is 5.91 Å². The minimum absolute atomic E-state index is 0.0656. The third-order valence-corrected chi connectivity index (χ3v) is 4.03. The van der Waals surface area contributed by atoms with Crippen molar-refractivity contribution in [3.63, 3.8) is 0 Å². The molecule has 3 aromatic rings. The fourth-order valence-electron chi connectivity index (χ4n) is 2.68. The Bertz CT molecular complexity index is 960. The molecule has 0 fully saturated rings. The highest BCUT2D eigenvalue weighted by atomic mass is 16.5. The molecule has 0 atom stereocenters. The summed E-state index contributed by atoms with van der Waals surface area (Å²) in [5.74, 6) is 0.507. The molecule has 0 radical (unpaired) electrons. The smallest absolute Gasteiger partial charge is 0.328 e. The lowest BCUT2D eigenvalue weighted by Gasteiger charge is -2.08. The molecule has 136 valence electrons. The number of carbonyl (C=O) groups excluding carboxylic acids is 1. The molecule has 0 aliphatic rings. The zero-order valence-corrected chi connectivity index (χ0v) is 14.8. The summed E-state index contributed by atoms with van der Waals surface area (Å²) in [5.41, 5.74) is 2.08. The molecule has 7 heteroatoms. The quantitative estimate of drug-likeness (QED) is 0.657. The fourth-order valence-corrected chi connectivity index (χ4v) is 2.68. The van der Waals surface area contributed by atoms with Crippen molar-refractivity contribution in [2.75, 3.05) is 25.1 Å². The first-order valence-corrected chi connectivity index (χ1v) is 8.27. The molecule has 0 aliphatic carbocycles. The number of fused-ring (bicyclic) bond motifs is 1. The van der Waals surface area contributed by atoms with Gasteiger partial charge in [0.25, 0.3) is 0 Å². The molecule has 1 amide bonds. The fraction of sp³-hybridized carbons (Fsp3) is 0.263. The lowest BCUT2D eigenvalue weighted by molar-refractivity contribution is -0.120. The van der Waals surface area contributed by atoms with Crippen molar-refractivity contribution in [2.24, 2.45) is 14.1 Å². The molecule has 0 saturated heterocycles. The van der Waals surface area contributed by atoms with Gasteiger partial charge in [-0.15, -0.1) is 0 Å². The maximum absolute atomic E-state index is 12.0. The molecule has 1 aromatic heterocycles. The number of carbonyl (C=O) groups is 1. The van der Waals surface area contributed by atoms with Gasteiger partial charge < -0.3 is 14.8 Å². The van der Waals surface area contributed by atoms with Crippen LogP contribution in [0.2, 0.25) is 0 Å². The lowest BCUT2D eigenvalue weighted by Crippen LogP contribution is -2.20. The average molecular weight is 355 g/mol. The number of anilines is 1. The van der Waals surface area contributed by atoms with E-state index in [1.54, 1.807) is 41.4 Å². The minimum atomic E-state index is -0.259. The summed E-state index contributed by atoms with van der Waals surface area (Å²) in [4.78, 5) is 23.9. The number of rotatable bonds is 7. The van der Waals surface area contributed by atoms with Crippen molar-refractivity contribution in [2.45, 2.75) is 0 Å². The molecule has 2 aromatic carbocycles. The Labute approximate surface area is 150 Å². The summed E-state index contributed by atoms with van der Waals surface area (Å²) in [7, 11) is 3.42. The number of amides is 1. The normalized spacial score (nSPS) is 10.8. The van der Waals surface area contributed by atoms with Crippen LogP contribution in [0.5, 0.6) is 5.75 Å². The molecule has 26 heavy (non-hydrogen) atoms. The van der Waals surface area contributed by atoms with E-state index in [9.17, 15) is 9.59 Å². The van der Waals surface area contributed by atoms with E-state index in [1.807, 2.05) is 30.3 Å². The van der Waals surface area contributed by atoms with E-state index in [-0.39, 0.29) is 18.2 Å². The Hall–Kier alpha value is -3.06. The van der Waals surface area contributed by atoms with Crippen molar-refractivity contribution < 1.29 is 14.3 Å². The predicted octanol–water partition coefficient (Wildman–Crippen LogP) is 1.91. The first-order chi connectivity index (χ1) is 12.6. The molecule has 0 bridgehead atoms. The number of para-hydroxylation sites is 1. The second-order valence-corrected chi connectivity index (χ2v) is 5.87. The van der Waals surface area contributed by atoms with E-state index in [0.717, 1.165) is 16.8 Å². The molecule has 0 spiro atoms. The summed E-state index contributed by atoms with van der Waals surface area (Å²) in [5, 5.41) is 2.77. The standard InChI is InChI=1S/C19H21N3O4/c1-21-16-9-8-14(12-17(16)22(2)19(21)24)20-18(23)13-25-10-11-26-15-6-4-3-5-7-15/h3-9,12H,10-11,13H2,1-2H3,(H,20,23). The van der Waals surface area contributed by atoms with Gasteiger partial charge in [-0.2, -0.15) is 0 Å². The van der Waals surface area contributed by atoms with Gasteiger partial charge in [-0.3, -0.25) is 13.9 Å². The highest BCUT2D eigenvalue weighted by Crippen LogP contribution is 2.17. The van der Waals surface area contributed by atoms with Gasteiger partial charge in [0.15, 0.2) is 0 Å². The number of hydrogen-bond donors (Lipinski definition) is 1. The van der Waals surface area contributed by atoms with Crippen LogP contribution in [0.15, 0.2) is 53.3 Å². The Balaban J connectivity index is 1.48. The van der Waals surface area contributed by atoms with Crippen LogP contribution in [0.1, 0.15) is 0 Å². The van der Waals surface area contributed by atoms with Gasteiger partial charge in [-0.1, -0.05) is 18.2 Å². The van der Waals surface area contributed by atoms with E-state index in [1.165, 1.54) is 0 Å². The maximum Gasteiger partial charge on any atom is 0.328 e. The minimum Gasteiger partial charge on any atom is -0.491 e. The van der Waals surface area contributed by atoms with Crippen LogP contribution < -0.4 is 15.7 Å². The molecule has 1 N–H and O–H groups in total. The van der Waals surface area contributed by atoms with E-state index in [2.05, 4.69) is 5.32 Å². The largest absolute Gasteiger partial charge is 0.491 e. The number of nitrogens with zero attached hydrogens (tertiary/aromatic N) is 2. The SMILES string of the molecule is Cn1c(=O)n(C)c2cc(NC(=O)COCCOc3ccccc3)ccc21. The summed E-state index contributed by atoms with van der Waals surface area (Å²) in [6.45, 7) is 0.619. The van der Waals surface area contributed by atoms with E-state index in [4.69, 9.17) is 9.47 Å². The Morgan fingerprint density at radius 2 is 1.73 bits per heavy atom. The van der Waals surface area contributed by atoms with E-state index in [0.29, 0.717) is 18.9 Å². The van der Waals surface area contributed by atoms with Crippen molar-refractivity contribution in [1.82, 2.24) is 9.13 Å². The number of aromatic nitrogens is 2. The third-order valence-electron chi connectivity index (χ3n) is 4.03. The van der Waals surface area contributed by atoms with Crippen LogP contribution in [-0.2, 0) is 23.6 Å². The molecule has 7 nitrogen and oxygen atoms in total. The molecule has 1 heterocycles. The summed E-state index contributed by atoms with van der Waals surface area (Å²) < 4.78 is 13.9. The second-order valence-electron chi connectivity index (χ2n) is 5.87. The Morgan fingerprint density at radius 3 is 2.50 bits per heavy atom. The van der Waals surface area contributed by atoms with Gasteiger partial charge in [0, 0.05) is 19.8 Å². The Morgan fingerprint density at radius 1 is 1.00 bits per heavy atom. The highest BCUT2D eigenvalue weighted by Gasteiger charge is 2.09. The van der Waals surface area contributed by atoms with E-state index < -0.39 is 0 Å². The lowest BCUT2D eigenvalue weighted by atomic mass is 10.2. The van der Waals surface area contributed by atoms with E-state index >= 15 is 0 Å². The van der Waals surface area contributed by atoms with Gasteiger partial charge in [-0.25, -0.2) is 4.79 Å². The van der Waals surface area contributed by atoms with Crippen LogP contribution in [-0.4, -0.2) is 34.9 Å². The number of benzene rings is 2. The van der Waals surface area contributed by atoms with Gasteiger partial charge >= 0.3 is 5.69 Å². The summed E-state index contributed by atoms with van der Waals surface area (Å²) in [6, 6.07) is 14.8. The molecular weight excluding hydrogens is 334 g/mol. The van der Waals surface area contributed by atoms with Gasteiger partial charge in [-0.05, 0) is 30.3 Å². The van der Waals surface area contributed by atoms with Gasteiger partial charge in [0.1, 0.15) is 19.0 Å². The monoisotopic (exact) mass is 355 g/mol. The maximum atomic E-state index is 12.0. The molecule has 0 aliphatic heterocycles. The molecule has 0 saturated carbocycles. The third kappa shape index (κ3) is 3.94. The first-order valence-electron chi connectivity index (χ1n) is 8.27. The van der Waals surface area contributed by atoms with Gasteiger partial charge in [0.05, 0.1) is 17.6 Å². The number of nitrogens with one attached hydrogen (secondary N) is 1. The molecule has 0 unspecified atom stereocenters. The Kier molecular flexibility index (Phi) is 5.38. The molecule has 3 rings (SSSR count). The van der Waals surface area contributed by atoms with Crippen molar-refractivity contribution in [3.8, 4) is 5.75 Å². The summed E-state index contributed by atoms with van der Waals surface area (Å²) in [6.07, 6.45) is 0. The van der Waals surface area contributed by atoms with Crippen LogP contribution in [0, 0.1) is 0 Å². The highest BCUT2D eigenvalue weighted by molar-refractivity contribution is 5.93. The zero-order chi connectivity index (χ0) is 18.5. The van der Waals surface area contributed by atoms with Crippen molar-refractivity contribution >= 4 is 22.6 Å². The van der Waals surface area contributed by atoms with Crippen LogP contribution in [0.3, 0.4) is 0 Å². The average Bonchev–Trinajstić information content (AvgIpc) is 2.86. The molecular formula is C19H21N3O4. The van der Waals surface area contributed by atoms with Crippen LogP contribution >= 0.6 is 0 Å². The first kappa shape index (κ1) is 17.8. The zero-order valence-electron chi connectivity index (χ0n) is 14.8. The van der Waals surface area contributed by atoms with Crippen molar-refractivity contribution in [3.05, 3.63) is 59.0 Å².